The molecular weight excluding hydrogens is 339 g/mol. The van der Waals surface area contributed by atoms with Crippen LogP contribution in [0, 0.1) is 0 Å². The lowest BCUT2D eigenvalue weighted by atomic mass is 10.0. The molecule has 2 amide bonds. The van der Waals surface area contributed by atoms with Gasteiger partial charge in [-0.2, -0.15) is 0 Å². The molecule has 6 heteroatoms. The van der Waals surface area contributed by atoms with Gasteiger partial charge in [0, 0.05) is 33.6 Å². The third kappa shape index (κ3) is 2.96. The Hall–Kier alpha value is -1.23. The topological polar surface area (TPSA) is 32.3 Å². The van der Waals surface area contributed by atoms with Crippen LogP contribution in [0.2, 0.25) is 10.0 Å². The molecule has 0 spiro atoms. The summed E-state index contributed by atoms with van der Waals surface area (Å²) in [5, 5.41) is 6.15. The van der Waals surface area contributed by atoms with E-state index in [1.54, 1.807) is 29.5 Å². The van der Waals surface area contributed by atoms with Crippen molar-refractivity contribution in [3.8, 4) is 0 Å². The summed E-state index contributed by atoms with van der Waals surface area (Å²) in [6, 6.07) is 7.51. The molecule has 2 heterocycles. The molecule has 0 radical (unpaired) electrons. The number of hydrogen-bond donors (Lipinski definition) is 1. The van der Waals surface area contributed by atoms with E-state index in [1.165, 1.54) is 10.4 Å². The molecule has 116 valence electrons. The highest BCUT2D eigenvalue weighted by molar-refractivity contribution is 7.10. The van der Waals surface area contributed by atoms with E-state index in [-0.39, 0.29) is 12.1 Å². The number of amides is 2. The van der Waals surface area contributed by atoms with Crippen molar-refractivity contribution in [1.29, 1.82) is 0 Å². The van der Waals surface area contributed by atoms with Crippen LogP contribution in [0.4, 0.5) is 4.79 Å². The van der Waals surface area contributed by atoms with Gasteiger partial charge in [0.1, 0.15) is 0 Å². The number of rotatable bonds is 2. The van der Waals surface area contributed by atoms with Gasteiger partial charge in [-0.15, -0.1) is 11.3 Å². The number of nitrogens with zero attached hydrogens (tertiary/aromatic N) is 1. The first-order chi connectivity index (χ1) is 10.6. The van der Waals surface area contributed by atoms with Gasteiger partial charge in [0.15, 0.2) is 0 Å². The van der Waals surface area contributed by atoms with Gasteiger partial charge >= 0.3 is 6.03 Å². The Balaban J connectivity index is 1.68. The Labute approximate surface area is 143 Å². The number of carbonyl (C=O) groups excluding carboxylic acids is 1. The molecule has 0 fully saturated rings. The molecule has 0 aliphatic carbocycles. The maximum absolute atomic E-state index is 12.5. The predicted molar refractivity (Wildman–Crippen MR) is 91.8 cm³/mol. The van der Waals surface area contributed by atoms with E-state index in [1.807, 2.05) is 4.90 Å². The fraction of sp³-hybridized carbons (Fsp3) is 0.312. The summed E-state index contributed by atoms with van der Waals surface area (Å²) in [7, 11) is 0. The van der Waals surface area contributed by atoms with Crippen LogP contribution >= 0.6 is 34.5 Å². The minimum Gasteiger partial charge on any atom is -0.334 e. The highest BCUT2D eigenvalue weighted by atomic mass is 35.5. The lowest BCUT2D eigenvalue weighted by molar-refractivity contribution is 0.175. The summed E-state index contributed by atoms with van der Waals surface area (Å²) in [6.07, 6.45) is 0.906. The average Bonchev–Trinajstić information content (AvgIpc) is 2.96. The van der Waals surface area contributed by atoms with Crippen molar-refractivity contribution >= 4 is 40.6 Å². The Morgan fingerprint density at radius 1 is 1.36 bits per heavy atom. The monoisotopic (exact) mass is 354 g/mol. The van der Waals surface area contributed by atoms with Crippen molar-refractivity contribution < 1.29 is 4.79 Å². The van der Waals surface area contributed by atoms with Gasteiger partial charge in [0.25, 0.3) is 0 Å². The van der Waals surface area contributed by atoms with Crippen molar-refractivity contribution in [3.05, 3.63) is 55.7 Å². The molecule has 3 nitrogen and oxygen atoms in total. The Morgan fingerprint density at radius 2 is 2.09 bits per heavy atom. The van der Waals surface area contributed by atoms with E-state index in [4.69, 9.17) is 23.2 Å². The number of benzene rings is 1. The van der Waals surface area contributed by atoms with E-state index in [0.29, 0.717) is 16.6 Å². The normalized spacial score (nSPS) is 17.2. The Kier molecular flexibility index (Phi) is 4.62. The standard InChI is InChI=1S/C16H16Cl2N2OS/c1-10-15-11(6-8-22-15)5-7-20(10)16(21)19-9-12-13(17)3-2-4-14(12)18/h2-4,6,8,10H,5,7,9H2,1H3,(H,19,21). The van der Waals surface area contributed by atoms with Crippen LogP contribution in [0.15, 0.2) is 29.6 Å². The number of hydrogen-bond acceptors (Lipinski definition) is 2. The quantitative estimate of drug-likeness (QED) is 0.818. The smallest absolute Gasteiger partial charge is 0.318 e. The Morgan fingerprint density at radius 3 is 2.82 bits per heavy atom. The van der Waals surface area contributed by atoms with Crippen molar-refractivity contribution in [2.75, 3.05) is 6.54 Å². The molecule has 22 heavy (non-hydrogen) atoms. The maximum Gasteiger partial charge on any atom is 0.318 e. The van der Waals surface area contributed by atoms with Crippen LogP contribution in [0.25, 0.3) is 0 Å². The molecule has 1 N–H and O–H groups in total. The number of urea groups is 1. The van der Waals surface area contributed by atoms with E-state index in [0.717, 1.165) is 18.5 Å². The third-order valence-electron chi connectivity index (χ3n) is 3.99. The number of halogens is 2. The summed E-state index contributed by atoms with van der Waals surface area (Å²) in [5.74, 6) is 0. The lowest BCUT2D eigenvalue weighted by Crippen LogP contribution is -2.44. The first-order valence-corrected chi connectivity index (χ1v) is 8.75. The molecule has 0 saturated heterocycles. The predicted octanol–water partition coefficient (Wildman–Crippen LogP) is 4.88. The molecule has 2 aromatic rings. The van der Waals surface area contributed by atoms with Crippen molar-refractivity contribution in [2.45, 2.75) is 25.9 Å². The fourth-order valence-electron chi connectivity index (χ4n) is 2.74. The second-order valence-corrected chi connectivity index (χ2v) is 7.05. The van der Waals surface area contributed by atoms with Gasteiger partial charge in [0.2, 0.25) is 0 Å². The Bertz CT molecular complexity index is 681. The number of carbonyl (C=O) groups is 1. The summed E-state index contributed by atoms with van der Waals surface area (Å²) < 4.78 is 0. The molecule has 1 atom stereocenters. The van der Waals surface area contributed by atoms with Gasteiger partial charge in [-0.1, -0.05) is 29.3 Å². The van der Waals surface area contributed by atoms with Crippen LogP contribution in [-0.4, -0.2) is 17.5 Å². The van der Waals surface area contributed by atoms with Crippen molar-refractivity contribution in [3.63, 3.8) is 0 Å². The molecule has 1 aliphatic heterocycles. The summed E-state index contributed by atoms with van der Waals surface area (Å²) in [6.45, 7) is 3.13. The summed E-state index contributed by atoms with van der Waals surface area (Å²) >= 11 is 14.0. The lowest BCUT2D eigenvalue weighted by Gasteiger charge is -2.33. The van der Waals surface area contributed by atoms with E-state index in [2.05, 4.69) is 23.7 Å². The van der Waals surface area contributed by atoms with Gasteiger partial charge in [-0.05, 0) is 42.5 Å². The van der Waals surface area contributed by atoms with Gasteiger partial charge in [-0.3, -0.25) is 0 Å². The zero-order valence-electron chi connectivity index (χ0n) is 12.1. The average molecular weight is 355 g/mol. The molecule has 1 aliphatic rings. The second-order valence-electron chi connectivity index (χ2n) is 5.29. The van der Waals surface area contributed by atoms with Crippen molar-refractivity contribution in [2.24, 2.45) is 0 Å². The summed E-state index contributed by atoms with van der Waals surface area (Å²) in [4.78, 5) is 15.6. The zero-order chi connectivity index (χ0) is 15.7. The second kappa shape index (κ2) is 6.49. The number of thiophene rings is 1. The highest BCUT2D eigenvalue weighted by Gasteiger charge is 2.28. The van der Waals surface area contributed by atoms with Crippen LogP contribution < -0.4 is 5.32 Å². The largest absolute Gasteiger partial charge is 0.334 e. The fourth-order valence-corrected chi connectivity index (χ4v) is 4.30. The SMILES string of the molecule is CC1c2sccc2CCN1C(=O)NCc1c(Cl)cccc1Cl. The molecular formula is C16H16Cl2N2OS. The number of fused-ring (bicyclic) bond motifs is 1. The minimum absolute atomic E-state index is 0.0810. The zero-order valence-corrected chi connectivity index (χ0v) is 14.4. The van der Waals surface area contributed by atoms with E-state index < -0.39 is 0 Å². The first kappa shape index (κ1) is 15.7. The van der Waals surface area contributed by atoms with Crippen LogP contribution in [0.1, 0.15) is 29.0 Å². The van der Waals surface area contributed by atoms with Crippen LogP contribution in [-0.2, 0) is 13.0 Å². The molecule has 1 aromatic carbocycles. The van der Waals surface area contributed by atoms with Gasteiger partial charge in [0.05, 0.1) is 6.04 Å². The molecule has 0 saturated carbocycles. The number of nitrogens with one attached hydrogen (secondary N) is 1. The van der Waals surface area contributed by atoms with Gasteiger partial charge < -0.3 is 10.2 Å². The third-order valence-corrected chi connectivity index (χ3v) is 5.83. The van der Waals surface area contributed by atoms with Crippen LogP contribution in [0.3, 0.4) is 0 Å². The van der Waals surface area contributed by atoms with Crippen molar-refractivity contribution in [1.82, 2.24) is 10.2 Å². The molecule has 1 aromatic heterocycles. The molecule has 3 rings (SSSR count). The maximum atomic E-state index is 12.5. The minimum atomic E-state index is -0.0810. The summed E-state index contributed by atoms with van der Waals surface area (Å²) in [5.41, 5.74) is 2.11. The van der Waals surface area contributed by atoms with E-state index >= 15 is 0 Å². The molecule has 0 bridgehead atoms. The molecule has 1 unspecified atom stereocenters. The highest BCUT2D eigenvalue weighted by Crippen LogP contribution is 2.33. The van der Waals surface area contributed by atoms with Gasteiger partial charge in [-0.25, -0.2) is 4.79 Å². The van der Waals surface area contributed by atoms with E-state index in [9.17, 15) is 4.79 Å². The van der Waals surface area contributed by atoms with Crippen LogP contribution in [0.5, 0.6) is 0 Å². The first-order valence-electron chi connectivity index (χ1n) is 7.11.